The van der Waals surface area contributed by atoms with Gasteiger partial charge in [-0.25, -0.2) is 8.78 Å². The Labute approximate surface area is 180 Å². The minimum atomic E-state index is -1.77. The lowest BCUT2D eigenvalue weighted by Gasteiger charge is -2.45. The molecule has 166 valence electrons. The number of rotatable bonds is 10. The number of benzene rings is 1. The zero-order chi connectivity index (χ0) is 21.4. The summed E-state index contributed by atoms with van der Waals surface area (Å²) in [6.07, 6.45) is 9.75. The Morgan fingerprint density at radius 3 is 2.40 bits per heavy atom. The first-order chi connectivity index (χ1) is 14.6. The molecular weight excluding hydrogens is 382 g/mol. The summed E-state index contributed by atoms with van der Waals surface area (Å²) in [5.74, 6) is 0.00882. The number of hydrogen-bond donors (Lipinski definition) is 0. The molecule has 0 aromatic heterocycles. The van der Waals surface area contributed by atoms with Crippen LogP contribution in [0.3, 0.4) is 0 Å². The van der Waals surface area contributed by atoms with Gasteiger partial charge >= 0.3 is 0 Å². The molecule has 2 aliphatic carbocycles. The molecule has 2 nitrogen and oxygen atoms in total. The van der Waals surface area contributed by atoms with Gasteiger partial charge in [-0.15, -0.1) is 0 Å². The molecule has 1 aromatic rings. The summed E-state index contributed by atoms with van der Waals surface area (Å²) >= 11 is 0. The average Bonchev–Trinajstić information content (AvgIpc) is 2.78. The van der Waals surface area contributed by atoms with Crippen LogP contribution in [0.1, 0.15) is 63.9 Å². The van der Waals surface area contributed by atoms with Crippen molar-refractivity contribution in [3.8, 4) is 0 Å². The van der Waals surface area contributed by atoms with Gasteiger partial charge in [0.05, 0.1) is 0 Å². The highest BCUT2D eigenvalue weighted by Crippen LogP contribution is 2.47. The largest absolute Gasteiger partial charge is 0.385 e. The van der Waals surface area contributed by atoms with E-state index in [0.29, 0.717) is 30.3 Å². The van der Waals surface area contributed by atoms with Crippen LogP contribution in [0, 0.1) is 11.8 Å². The van der Waals surface area contributed by atoms with Gasteiger partial charge < -0.3 is 9.47 Å². The van der Waals surface area contributed by atoms with Gasteiger partial charge in [-0.3, -0.25) is 0 Å². The fraction of sp³-hybridized carbons (Fsp3) is 0.615. The number of halogens is 2. The van der Waals surface area contributed by atoms with Crippen LogP contribution in [0.2, 0.25) is 0 Å². The predicted molar refractivity (Wildman–Crippen MR) is 119 cm³/mol. The Kier molecular flexibility index (Phi) is 8.64. The van der Waals surface area contributed by atoms with E-state index in [4.69, 9.17) is 9.47 Å². The van der Waals surface area contributed by atoms with Crippen LogP contribution in [-0.4, -0.2) is 32.1 Å². The van der Waals surface area contributed by atoms with Crippen molar-refractivity contribution in [1.29, 1.82) is 0 Å². The van der Waals surface area contributed by atoms with Gasteiger partial charge in [0.15, 0.2) is 6.17 Å². The van der Waals surface area contributed by atoms with E-state index >= 15 is 8.78 Å². The first kappa shape index (κ1) is 23.1. The van der Waals surface area contributed by atoms with Crippen LogP contribution in [0.25, 0.3) is 5.57 Å². The summed E-state index contributed by atoms with van der Waals surface area (Å²) in [5, 5.41) is 0. The minimum absolute atomic E-state index is 0.00218. The van der Waals surface area contributed by atoms with Crippen molar-refractivity contribution >= 4 is 5.57 Å². The van der Waals surface area contributed by atoms with E-state index in [1.165, 1.54) is 12.8 Å². The molecule has 3 rings (SSSR count). The van der Waals surface area contributed by atoms with Crippen LogP contribution in [-0.2, 0) is 9.47 Å². The first-order valence-electron chi connectivity index (χ1n) is 11.5. The Hall–Kier alpha value is -1.52. The van der Waals surface area contributed by atoms with Crippen molar-refractivity contribution in [3.63, 3.8) is 0 Å². The molecule has 0 spiro atoms. The lowest BCUT2D eigenvalue weighted by molar-refractivity contribution is -0.107. The molecule has 0 saturated heterocycles. The molecule has 0 heterocycles. The van der Waals surface area contributed by atoms with Crippen molar-refractivity contribution < 1.29 is 18.3 Å². The minimum Gasteiger partial charge on any atom is -0.385 e. The molecule has 2 atom stereocenters. The molecule has 0 amide bonds. The molecule has 0 aliphatic heterocycles. The Bertz CT molecular complexity index is 707. The Morgan fingerprint density at radius 1 is 1.03 bits per heavy atom. The third-order valence-corrected chi connectivity index (χ3v) is 6.75. The number of methoxy groups -OCH3 is 1. The predicted octanol–water partition coefficient (Wildman–Crippen LogP) is 7.06. The molecule has 0 bridgehead atoms. The fourth-order valence-corrected chi connectivity index (χ4v) is 5.05. The van der Waals surface area contributed by atoms with Gasteiger partial charge in [0.2, 0.25) is 0 Å². The number of allylic oxidation sites excluding steroid dienone is 2. The SMILES string of the molecule is CCCC1CCC(C2(OCCCCOC)C=CC(c3ccccc3)=C(F)C2F)CC1. The quantitative estimate of drug-likeness (QED) is 0.379. The first-order valence-corrected chi connectivity index (χ1v) is 11.5. The second-order valence-corrected chi connectivity index (χ2v) is 8.73. The highest BCUT2D eigenvalue weighted by Gasteiger charge is 2.50. The molecule has 0 radical (unpaired) electrons. The monoisotopic (exact) mass is 418 g/mol. The second-order valence-electron chi connectivity index (χ2n) is 8.73. The van der Waals surface area contributed by atoms with Gasteiger partial charge in [0, 0.05) is 25.9 Å². The summed E-state index contributed by atoms with van der Waals surface area (Å²) in [4.78, 5) is 0. The zero-order valence-corrected chi connectivity index (χ0v) is 18.4. The number of alkyl halides is 1. The van der Waals surface area contributed by atoms with Gasteiger partial charge in [-0.2, -0.15) is 0 Å². The van der Waals surface area contributed by atoms with Crippen LogP contribution in [0.4, 0.5) is 8.78 Å². The molecule has 30 heavy (non-hydrogen) atoms. The fourth-order valence-electron chi connectivity index (χ4n) is 5.05. The Morgan fingerprint density at radius 2 is 1.73 bits per heavy atom. The second kappa shape index (κ2) is 11.2. The maximum atomic E-state index is 15.8. The molecule has 0 N–H and O–H groups in total. The number of unbranched alkanes of at least 4 members (excludes halogenated alkanes) is 1. The van der Waals surface area contributed by atoms with Crippen molar-refractivity contribution in [3.05, 3.63) is 53.9 Å². The third-order valence-electron chi connectivity index (χ3n) is 6.75. The van der Waals surface area contributed by atoms with Crippen LogP contribution >= 0.6 is 0 Å². The highest BCUT2D eigenvalue weighted by molar-refractivity contribution is 5.78. The molecule has 2 aliphatic rings. The van der Waals surface area contributed by atoms with E-state index in [0.717, 1.165) is 38.5 Å². The molecular formula is C26H36F2O2. The standard InChI is InChI=1S/C26H36F2O2/c1-3-9-20-12-14-22(15-13-20)26(30-19-8-7-18-29-2)17-16-23(24(27)25(26)28)21-10-5-4-6-11-21/h4-6,10-11,16-17,20,22,25H,3,7-9,12-15,18-19H2,1-2H3. The summed E-state index contributed by atoms with van der Waals surface area (Å²) < 4.78 is 42.5. The van der Waals surface area contributed by atoms with Gasteiger partial charge in [0.25, 0.3) is 0 Å². The van der Waals surface area contributed by atoms with Gasteiger partial charge in [-0.1, -0.05) is 69.0 Å². The van der Waals surface area contributed by atoms with E-state index < -0.39 is 17.6 Å². The smallest absolute Gasteiger partial charge is 0.184 e. The van der Waals surface area contributed by atoms with E-state index in [1.807, 2.05) is 36.4 Å². The summed E-state index contributed by atoms with van der Waals surface area (Å²) in [5.41, 5.74) is -0.164. The van der Waals surface area contributed by atoms with Crippen LogP contribution in [0.15, 0.2) is 48.3 Å². The van der Waals surface area contributed by atoms with Crippen molar-refractivity contribution in [1.82, 2.24) is 0 Å². The lowest BCUT2D eigenvalue weighted by Crippen LogP contribution is -2.50. The summed E-state index contributed by atoms with van der Waals surface area (Å²) in [6.45, 7) is 3.28. The zero-order valence-electron chi connectivity index (χ0n) is 18.4. The van der Waals surface area contributed by atoms with Crippen molar-refractivity contribution in [2.24, 2.45) is 11.8 Å². The number of ether oxygens (including phenoxy) is 2. The molecule has 1 fully saturated rings. The third kappa shape index (κ3) is 5.20. The molecule has 1 saturated carbocycles. The van der Waals surface area contributed by atoms with Crippen LogP contribution < -0.4 is 0 Å². The van der Waals surface area contributed by atoms with Gasteiger partial charge in [-0.05, 0) is 49.2 Å². The van der Waals surface area contributed by atoms with E-state index in [9.17, 15) is 0 Å². The highest BCUT2D eigenvalue weighted by atomic mass is 19.2. The number of hydrogen-bond acceptors (Lipinski definition) is 2. The maximum Gasteiger partial charge on any atom is 0.184 e. The summed E-state index contributed by atoms with van der Waals surface area (Å²) in [6, 6.07) is 9.21. The van der Waals surface area contributed by atoms with E-state index in [-0.39, 0.29) is 5.92 Å². The normalized spacial score (nSPS) is 29.4. The molecule has 2 unspecified atom stereocenters. The summed E-state index contributed by atoms with van der Waals surface area (Å²) in [7, 11) is 1.67. The van der Waals surface area contributed by atoms with Crippen LogP contribution in [0.5, 0.6) is 0 Å². The van der Waals surface area contributed by atoms with Crippen molar-refractivity contribution in [2.75, 3.05) is 20.3 Å². The van der Waals surface area contributed by atoms with E-state index in [1.54, 1.807) is 13.2 Å². The average molecular weight is 419 g/mol. The molecule has 1 aromatic carbocycles. The molecule has 4 heteroatoms. The Balaban J connectivity index is 1.80. The lowest BCUT2D eigenvalue weighted by atomic mass is 9.68. The van der Waals surface area contributed by atoms with E-state index in [2.05, 4.69) is 6.92 Å². The maximum absolute atomic E-state index is 15.8. The van der Waals surface area contributed by atoms with Crippen molar-refractivity contribution in [2.45, 2.75) is 70.1 Å². The topological polar surface area (TPSA) is 18.5 Å². The van der Waals surface area contributed by atoms with Gasteiger partial charge in [0.1, 0.15) is 11.4 Å².